The highest BCUT2D eigenvalue weighted by atomic mass is 15.2. The molecule has 2 aromatic heterocycles. The Kier molecular flexibility index (Phi) is 6.33. The zero-order chi connectivity index (χ0) is 21.0. The first-order valence-corrected chi connectivity index (χ1v) is 9.63. The second kappa shape index (κ2) is 8.91. The number of likely N-dealkylation sites (N-methyl/N-ethyl adjacent to an activating group) is 2. The van der Waals surface area contributed by atoms with Crippen molar-refractivity contribution in [3.63, 3.8) is 0 Å². The molecule has 0 bridgehead atoms. The van der Waals surface area contributed by atoms with E-state index < -0.39 is 0 Å². The van der Waals surface area contributed by atoms with Gasteiger partial charge in [0.05, 0.1) is 0 Å². The summed E-state index contributed by atoms with van der Waals surface area (Å²) in [7, 11) is 10.2. The standard InChI is InChI=1S/C21H30N8/c1-15-12-19(26-25-15)22-18-14-20(29(6)11-10-27(2)3)24-21(23-18)16-8-7-9-17(13-16)28(4)5/h7-9,12-14H,10-11H2,1-6H3,(H2,22,23,24,25,26). The summed E-state index contributed by atoms with van der Waals surface area (Å²) < 4.78 is 0. The van der Waals surface area contributed by atoms with E-state index in [-0.39, 0.29) is 0 Å². The van der Waals surface area contributed by atoms with E-state index in [4.69, 9.17) is 9.97 Å². The number of hydrogen-bond donors (Lipinski definition) is 2. The number of nitrogens with one attached hydrogen (secondary N) is 2. The summed E-state index contributed by atoms with van der Waals surface area (Å²) in [6, 6.07) is 12.1. The van der Waals surface area contributed by atoms with E-state index in [1.54, 1.807) is 0 Å². The van der Waals surface area contributed by atoms with Crippen molar-refractivity contribution in [1.29, 1.82) is 0 Å². The lowest BCUT2D eigenvalue weighted by atomic mass is 10.2. The second-order valence-electron chi connectivity index (χ2n) is 7.67. The molecule has 3 rings (SSSR count). The van der Waals surface area contributed by atoms with Crippen LogP contribution >= 0.6 is 0 Å². The molecule has 0 saturated carbocycles. The van der Waals surface area contributed by atoms with Gasteiger partial charge in [-0.15, -0.1) is 0 Å². The van der Waals surface area contributed by atoms with Crippen molar-refractivity contribution in [1.82, 2.24) is 25.1 Å². The quantitative estimate of drug-likeness (QED) is 0.608. The Labute approximate surface area is 172 Å². The van der Waals surface area contributed by atoms with Gasteiger partial charge in [-0.3, -0.25) is 5.10 Å². The third-order valence-corrected chi connectivity index (χ3v) is 4.57. The van der Waals surface area contributed by atoms with Gasteiger partial charge in [-0.1, -0.05) is 12.1 Å². The zero-order valence-corrected chi connectivity index (χ0v) is 18.1. The average Bonchev–Trinajstić information content (AvgIpc) is 3.10. The summed E-state index contributed by atoms with van der Waals surface area (Å²) >= 11 is 0. The van der Waals surface area contributed by atoms with E-state index in [9.17, 15) is 0 Å². The van der Waals surface area contributed by atoms with Gasteiger partial charge in [-0.25, -0.2) is 9.97 Å². The number of rotatable bonds is 8. The molecular weight excluding hydrogens is 364 g/mol. The molecule has 0 fully saturated rings. The van der Waals surface area contributed by atoms with Crippen LogP contribution in [0.15, 0.2) is 36.4 Å². The van der Waals surface area contributed by atoms with Crippen LogP contribution in [0.4, 0.5) is 23.1 Å². The van der Waals surface area contributed by atoms with Gasteiger partial charge in [-0.05, 0) is 33.2 Å². The molecule has 0 unspecified atom stereocenters. The van der Waals surface area contributed by atoms with Gasteiger partial charge in [-0.2, -0.15) is 5.10 Å². The normalized spacial score (nSPS) is 11.0. The molecule has 0 aliphatic rings. The minimum Gasteiger partial charge on any atom is -0.378 e. The van der Waals surface area contributed by atoms with Gasteiger partial charge >= 0.3 is 0 Å². The van der Waals surface area contributed by atoms with Crippen molar-refractivity contribution in [3.8, 4) is 11.4 Å². The van der Waals surface area contributed by atoms with E-state index >= 15 is 0 Å². The summed E-state index contributed by atoms with van der Waals surface area (Å²) in [5, 5.41) is 10.5. The number of hydrogen-bond acceptors (Lipinski definition) is 7. The van der Waals surface area contributed by atoms with E-state index in [0.29, 0.717) is 11.6 Å². The maximum Gasteiger partial charge on any atom is 0.163 e. The van der Waals surface area contributed by atoms with Crippen LogP contribution in [0.3, 0.4) is 0 Å². The van der Waals surface area contributed by atoms with Gasteiger partial charge in [0.1, 0.15) is 11.6 Å². The van der Waals surface area contributed by atoms with E-state index in [2.05, 4.69) is 56.4 Å². The lowest BCUT2D eigenvalue weighted by molar-refractivity contribution is 0.416. The molecule has 8 nitrogen and oxygen atoms in total. The lowest BCUT2D eigenvalue weighted by Gasteiger charge is -2.22. The SMILES string of the molecule is Cc1cc(Nc2cc(N(C)CCN(C)C)nc(-c3cccc(N(C)C)c3)n2)n[nH]1. The van der Waals surface area contributed by atoms with Crippen LogP contribution in [0.25, 0.3) is 11.4 Å². The first-order chi connectivity index (χ1) is 13.8. The molecule has 2 N–H and O–H groups in total. The first kappa shape index (κ1) is 20.6. The Morgan fingerprint density at radius 2 is 1.72 bits per heavy atom. The van der Waals surface area contributed by atoms with Crippen LogP contribution in [0.2, 0.25) is 0 Å². The summed E-state index contributed by atoms with van der Waals surface area (Å²) in [6.45, 7) is 3.77. The minimum atomic E-state index is 0.678. The van der Waals surface area contributed by atoms with Gasteiger partial charge < -0.3 is 20.0 Å². The average molecular weight is 395 g/mol. The molecule has 0 atom stereocenters. The van der Waals surface area contributed by atoms with E-state index in [1.807, 2.05) is 52.3 Å². The summed E-state index contributed by atoms with van der Waals surface area (Å²) in [5.41, 5.74) is 3.07. The van der Waals surface area contributed by atoms with E-state index in [1.165, 1.54) is 0 Å². The predicted molar refractivity (Wildman–Crippen MR) is 120 cm³/mol. The molecule has 0 amide bonds. The van der Waals surface area contributed by atoms with Crippen molar-refractivity contribution in [2.24, 2.45) is 0 Å². The highest BCUT2D eigenvalue weighted by Crippen LogP contribution is 2.26. The smallest absolute Gasteiger partial charge is 0.163 e. The fraction of sp³-hybridized carbons (Fsp3) is 0.381. The van der Waals surface area contributed by atoms with Gasteiger partial charge in [0.25, 0.3) is 0 Å². The monoisotopic (exact) mass is 394 g/mol. The van der Waals surface area contributed by atoms with Crippen LogP contribution in [0.1, 0.15) is 5.69 Å². The molecule has 0 radical (unpaired) electrons. The molecule has 154 valence electrons. The molecule has 1 aromatic carbocycles. The van der Waals surface area contributed by atoms with Crippen molar-refractivity contribution in [2.45, 2.75) is 6.92 Å². The van der Waals surface area contributed by atoms with Crippen LogP contribution in [0, 0.1) is 6.92 Å². The summed E-state index contributed by atoms with van der Waals surface area (Å²) in [4.78, 5) is 16.0. The molecule has 0 aliphatic carbocycles. The van der Waals surface area contributed by atoms with Gasteiger partial charge in [0.15, 0.2) is 11.6 Å². The van der Waals surface area contributed by atoms with Crippen molar-refractivity contribution < 1.29 is 0 Å². The highest BCUT2D eigenvalue weighted by Gasteiger charge is 2.12. The molecule has 2 heterocycles. The van der Waals surface area contributed by atoms with Crippen LogP contribution < -0.4 is 15.1 Å². The zero-order valence-electron chi connectivity index (χ0n) is 18.1. The highest BCUT2D eigenvalue weighted by molar-refractivity contribution is 5.67. The van der Waals surface area contributed by atoms with Crippen LogP contribution in [-0.4, -0.2) is 73.4 Å². The number of H-pyrrole nitrogens is 1. The van der Waals surface area contributed by atoms with Crippen molar-refractivity contribution in [2.75, 3.05) is 63.4 Å². The number of anilines is 4. The molecule has 3 aromatic rings. The second-order valence-corrected chi connectivity index (χ2v) is 7.67. The first-order valence-electron chi connectivity index (χ1n) is 9.63. The Hall–Kier alpha value is -3.13. The molecule has 29 heavy (non-hydrogen) atoms. The lowest BCUT2D eigenvalue weighted by Crippen LogP contribution is -2.29. The van der Waals surface area contributed by atoms with Gasteiger partial charge in [0.2, 0.25) is 0 Å². The molecule has 0 spiro atoms. The number of aryl methyl sites for hydroxylation is 1. The summed E-state index contributed by atoms with van der Waals surface area (Å²) in [6.07, 6.45) is 0. The predicted octanol–water partition coefficient (Wildman–Crippen LogP) is 2.98. The number of aromatic nitrogens is 4. The topological polar surface area (TPSA) is 76.2 Å². The Morgan fingerprint density at radius 3 is 2.38 bits per heavy atom. The Bertz CT molecular complexity index is 947. The molecule has 0 aliphatic heterocycles. The maximum atomic E-state index is 4.84. The largest absolute Gasteiger partial charge is 0.378 e. The Balaban J connectivity index is 1.98. The van der Waals surface area contributed by atoms with Crippen molar-refractivity contribution in [3.05, 3.63) is 42.1 Å². The van der Waals surface area contributed by atoms with Crippen LogP contribution in [0.5, 0.6) is 0 Å². The van der Waals surface area contributed by atoms with E-state index in [0.717, 1.165) is 41.7 Å². The van der Waals surface area contributed by atoms with Crippen LogP contribution in [-0.2, 0) is 0 Å². The third kappa shape index (κ3) is 5.45. The fourth-order valence-electron chi connectivity index (χ4n) is 2.82. The molecular formula is C21H30N8. The molecule has 8 heteroatoms. The number of aromatic amines is 1. The fourth-order valence-corrected chi connectivity index (χ4v) is 2.82. The third-order valence-electron chi connectivity index (χ3n) is 4.57. The Morgan fingerprint density at radius 1 is 0.931 bits per heavy atom. The van der Waals surface area contributed by atoms with Crippen molar-refractivity contribution >= 4 is 23.1 Å². The number of benzene rings is 1. The molecule has 0 saturated heterocycles. The van der Waals surface area contributed by atoms with Gasteiger partial charge in [0, 0.05) is 63.3 Å². The minimum absolute atomic E-state index is 0.678. The number of nitrogens with zero attached hydrogens (tertiary/aromatic N) is 6. The summed E-state index contributed by atoms with van der Waals surface area (Å²) in [5.74, 6) is 2.99. The maximum absolute atomic E-state index is 4.84.